The summed E-state index contributed by atoms with van der Waals surface area (Å²) in [6.07, 6.45) is -4.94. The quantitative estimate of drug-likeness (QED) is 0.439. The molecule has 0 saturated carbocycles. The Morgan fingerprint density at radius 3 is 2.16 bits per heavy atom. The first-order chi connectivity index (χ1) is 17.7. The topological polar surface area (TPSA) is 80.6 Å². The van der Waals surface area contributed by atoms with Gasteiger partial charge in [0.15, 0.2) is 5.82 Å². The molecule has 0 spiro atoms. The maximum atomic E-state index is 13.3. The number of hydrogen-bond acceptors (Lipinski definition) is 6. The lowest BCUT2D eigenvalue weighted by atomic mass is 10.1. The molecule has 0 aliphatic carbocycles. The van der Waals surface area contributed by atoms with Crippen molar-refractivity contribution >= 4 is 23.6 Å². The number of anilines is 1. The maximum absolute atomic E-state index is 13.3. The van der Waals surface area contributed by atoms with Gasteiger partial charge in [0.2, 0.25) is 5.95 Å². The second-order valence-corrected chi connectivity index (χ2v) is 10.4. The minimum Gasteiger partial charge on any atom is -0.444 e. The largest absolute Gasteiger partial charge is 0.444 e. The lowest BCUT2D eigenvalue weighted by Crippen LogP contribution is -2.51. The van der Waals surface area contributed by atoms with Crippen LogP contribution in [0, 0.1) is 6.92 Å². The van der Waals surface area contributed by atoms with Gasteiger partial charge >= 0.3 is 18.0 Å². The van der Waals surface area contributed by atoms with Gasteiger partial charge in [0, 0.05) is 36.8 Å². The molecule has 0 atom stereocenters. The monoisotopic (exact) mass is 549 g/mol. The fourth-order valence-electron chi connectivity index (χ4n) is 4.04. The molecule has 0 radical (unpaired) electrons. The Bertz CT molecular complexity index is 1390. The van der Waals surface area contributed by atoms with Crippen molar-refractivity contribution in [2.45, 2.75) is 39.5 Å². The van der Waals surface area contributed by atoms with E-state index in [2.05, 4.69) is 9.97 Å². The normalized spacial score (nSPS) is 14.5. The van der Waals surface area contributed by atoms with E-state index >= 15 is 0 Å². The summed E-state index contributed by atoms with van der Waals surface area (Å²) in [5.74, 6) is 0.370. The zero-order chi connectivity index (χ0) is 27.8. The van der Waals surface area contributed by atoms with Crippen LogP contribution in [0.25, 0.3) is 17.1 Å². The van der Waals surface area contributed by atoms with Gasteiger partial charge in [-0.05, 0) is 75.7 Å². The number of rotatable bonds is 3. The third-order valence-electron chi connectivity index (χ3n) is 5.90. The van der Waals surface area contributed by atoms with Crippen molar-refractivity contribution in [3.63, 3.8) is 0 Å². The molecule has 4 rings (SSSR count). The average Bonchev–Trinajstić information content (AvgIpc) is 2.82. The smallest absolute Gasteiger partial charge is 0.416 e. The Morgan fingerprint density at radius 1 is 0.974 bits per heavy atom. The van der Waals surface area contributed by atoms with Gasteiger partial charge in [-0.2, -0.15) is 23.1 Å². The van der Waals surface area contributed by atoms with Crippen molar-refractivity contribution in [3.05, 3.63) is 69.1 Å². The summed E-state index contributed by atoms with van der Waals surface area (Å²) in [4.78, 5) is 37.9. The number of amides is 1. The Kier molecular flexibility index (Phi) is 7.42. The number of ether oxygens (including phenoxy) is 1. The summed E-state index contributed by atoms with van der Waals surface area (Å²) >= 11 is 6.13. The fourth-order valence-corrected chi connectivity index (χ4v) is 4.27. The van der Waals surface area contributed by atoms with Crippen LogP contribution in [0.4, 0.5) is 23.9 Å². The highest BCUT2D eigenvalue weighted by Crippen LogP contribution is 2.31. The molecule has 1 aliphatic rings. The predicted octanol–water partition coefficient (Wildman–Crippen LogP) is 5.33. The Labute approximate surface area is 222 Å². The summed E-state index contributed by atoms with van der Waals surface area (Å²) in [5.41, 5.74) is -0.675. The van der Waals surface area contributed by atoms with Gasteiger partial charge in [0.25, 0.3) is 0 Å². The molecule has 12 heteroatoms. The summed E-state index contributed by atoms with van der Waals surface area (Å²) in [6.45, 7) is 8.59. The summed E-state index contributed by atoms with van der Waals surface area (Å²) in [7, 11) is 0. The van der Waals surface area contributed by atoms with Crippen LogP contribution >= 0.6 is 11.6 Å². The first-order valence-corrected chi connectivity index (χ1v) is 12.3. The average molecular weight is 550 g/mol. The van der Waals surface area contributed by atoms with Crippen molar-refractivity contribution < 1.29 is 22.7 Å². The minimum atomic E-state index is -4.51. The standard InChI is InChI=1S/C26H27ClF3N5O3/c1-16-15-18(27)7-10-20(16)21-31-22(33-11-13-34(14-12-33)24(37)38-25(2,3)4)32-23(36)35(21)19-8-5-17(6-9-19)26(28,29)30/h5-10,15H,11-14H2,1-4H3. The van der Waals surface area contributed by atoms with E-state index in [9.17, 15) is 22.8 Å². The van der Waals surface area contributed by atoms with E-state index in [1.165, 1.54) is 16.7 Å². The molecule has 8 nitrogen and oxygen atoms in total. The van der Waals surface area contributed by atoms with Crippen LogP contribution in [0.15, 0.2) is 47.3 Å². The molecular formula is C26H27ClF3N5O3. The van der Waals surface area contributed by atoms with Crippen LogP contribution in [0.1, 0.15) is 31.9 Å². The lowest BCUT2D eigenvalue weighted by Gasteiger charge is -2.35. The van der Waals surface area contributed by atoms with E-state index in [-0.39, 0.29) is 17.5 Å². The molecule has 2 aromatic carbocycles. The van der Waals surface area contributed by atoms with Crippen molar-refractivity contribution in [1.29, 1.82) is 0 Å². The Hall–Kier alpha value is -3.60. The van der Waals surface area contributed by atoms with E-state index in [1.807, 2.05) is 0 Å². The van der Waals surface area contributed by atoms with Gasteiger partial charge in [0.1, 0.15) is 5.60 Å². The SMILES string of the molecule is Cc1cc(Cl)ccc1-c1nc(N2CCN(C(=O)OC(C)(C)C)CC2)nc(=O)n1-c1ccc(C(F)(F)F)cc1. The number of alkyl halides is 3. The van der Waals surface area contributed by atoms with Crippen LogP contribution in [0.3, 0.4) is 0 Å². The number of nitrogens with zero attached hydrogens (tertiary/aromatic N) is 5. The molecule has 1 saturated heterocycles. The van der Waals surface area contributed by atoms with Crippen molar-refractivity contribution in [1.82, 2.24) is 19.4 Å². The van der Waals surface area contributed by atoms with Crippen molar-refractivity contribution in [2.75, 3.05) is 31.1 Å². The first kappa shape index (κ1) is 27.4. The van der Waals surface area contributed by atoms with Crippen LogP contribution in [-0.2, 0) is 10.9 Å². The van der Waals surface area contributed by atoms with Crippen molar-refractivity contribution in [3.8, 4) is 17.1 Å². The molecular weight excluding hydrogens is 523 g/mol. The predicted molar refractivity (Wildman–Crippen MR) is 138 cm³/mol. The molecule has 0 bridgehead atoms. The Morgan fingerprint density at radius 2 is 1.61 bits per heavy atom. The van der Waals surface area contributed by atoms with Gasteiger partial charge in [0.05, 0.1) is 11.3 Å². The molecule has 1 amide bonds. The molecule has 3 aromatic rings. The third kappa shape index (κ3) is 6.09. The fraction of sp³-hybridized carbons (Fsp3) is 0.385. The second kappa shape index (κ2) is 10.3. The van der Waals surface area contributed by atoms with Crippen LogP contribution in [0.5, 0.6) is 0 Å². The van der Waals surface area contributed by atoms with Crippen LogP contribution in [0.2, 0.25) is 5.02 Å². The minimum absolute atomic E-state index is 0.159. The van der Waals surface area contributed by atoms with Gasteiger partial charge < -0.3 is 14.5 Å². The Balaban J connectivity index is 1.72. The summed E-state index contributed by atoms with van der Waals surface area (Å²) < 4.78 is 45.9. The number of piperazine rings is 1. The number of carbonyl (C=O) groups excluding carboxylic acids is 1. The zero-order valence-electron chi connectivity index (χ0n) is 21.3. The molecule has 1 aliphatic heterocycles. The second-order valence-electron chi connectivity index (χ2n) is 9.92. The molecule has 2 heterocycles. The molecule has 0 N–H and O–H groups in total. The maximum Gasteiger partial charge on any atom is 0.416 e. The van der Waals surface area contributed by atoms with E-state index < -0.39 is 29.1 Å². The first-order valence-electron chi connectivity index (χ1n) is 11.9. The number of aromatic nitrogens is 3. The van der Waals surface area contributed by atoms with Crippen LogP contribution in [-0.4, -0.2) is 57.3 Å². The van der Waals surface area contributed by atoms with Crippen LogP contribution < -0.4 is 10.6 Å². The highest BCUT2D eigenvalue weighted by atomic mass is 35.5. The number of benzene rings is 2. The van der Waals surface area contributed by atoms with Gasteiger partial charge in [-0.15, -0.1) is 0 Å². The van der Waals surface area contributed by atoms with E-state index in [4.69, 9.17) is 16.3 Å². The molecule has 0 unspecified atom stereocenters. The zero-order valence-corrected chi connectivity index (χ0v) is 22.1. The summed E-state index contributed by atoms with van der Waals surface area (Å²) in [5, 5.41) is 0.488. The van der Waals surface area contributed by atoms with Gasteiger partial charge in [-0.3, -0.25) is 0 Å². The molecule has 1 fully saturated rings. The number of hydrogen-bond donors (Lipinski definition) is 0. The van der Waals surface area contributed by atoms with Gasteiger partial charge in [-0.25, -0.2) is 14.2 Å². The highest BCUT2D eigenvalue weighted by molar-refractivity contribution is 6.30. The van der Waals surface area contributed by atoms with Gasteiger partial charge in [-0.1, -0.05) is 11.6 Å². The van der Waals surface area contributed by atoms with E-state index in [0.29, 0.717) is 36.8 Å². The third-order valence-corrected chi connectivity index (χ3v) is 6.14. The highest BCUT2D eigenvalue weighted by Gasteiger charge is 2.31. The number of halogens is 4. The molecule has 1 aromatic heterocycles. The van der Waals surface area contributed by atoms with E-state index in [0.717, 1.165) is 17.7 Å². The number of carbonyl (C=O) groups is 1. The molecule has 38 heavy (non-hydrogen) atoms. The number of aryl methyl sites for hydroxylation is 1. The lowest BCUT2D eigenvalue weighted by molar-refractivity contribution is -0.137. The summed E-state index contributed by atoms with van der Waals surface area (Å²) in [6, 6.07) is 9.29. The van der Waals surface area contributed by atoms with Crippen molar-refractivity contribution in [2.24, 2.45) is 0 Å². The van der Waals surface area contributed by atoms with E-state index in [1.54, 1.807) is 55.7 Å². The molecule has 202 valence electrons.